The molecule has 0 unspecified atom stereocenters. The molecule has 1 saturated carbocycles. The van der Waals surface area contributed by atoms with Crippen LogP contribution in [0.5, 0.6) is 0 Å². The summed E-state index contributed by atoms with van der Waals surface area (Å²) in [5, 5.41) is 8.76. The largest absolute Gasteiger partial charge is 0.481 e. The van der Waals surface area contributed by atoms with E-state index in [4.69, 9.17) is 5.11 Å². The van der Waals surface area contributed by atoms with Gasteiger partial charge in [0.15, 0.2) is 0 Å². The highest BCUT2D eigenvalue weighted by molar-refractivity contribution is 5.67. The summed E-state index contributed by atoms with van der Waals surface area (Å²) in [5.74, 6) is 0.0928. The van der Waals surface area contributed by atoms with Crippen molar-refractivity contribution in [2.45, 2.75) is 46.0 Å². The Morgan fingerprint density at radius 1 is 1.67 bits per heavy atom. The number of hydrogen-bond donors (Lipinski definition) is 1. The second-order valence-corrected chi connectivity index (χ2v) is 4.27. The average Bonchev–Trinajstić information content (AvgIpc) is 2.32. The highest BCUT2D eigenvalue weighted by Crippen LogP contribution is 2.46. The summed E-state index contributed by atoms with van der Waals surface area (Å²) in [6.07, 6.45) is 4.81. The van der Waals surface area contributed by atoms with Gasteiger partial charge in [-0.05, 0) is 30.6 Å². The highest BCUT2D eigenvalue weighted by atomic mass is 16.4. The third-order valence-electron chi connectivity index (χ3n) is 3.23. The molecule has 1 rings (SSSR count). The molecule has 0 bridgehead atoms. The number of carbonyl (C=O) groups is 1. The molecule has 12 heavy (non-hydrogen) atoms. The third-order valence-corrected chi connectivity index (χ3v) is 3.23. The van der Waals surface area contributed by atoms with Gasteiger partial charge in [-0.3, -0.25) is 4.79 Å². The van der Waals surface area contributed by atoms with Crippen molar-refractivity contribution in [1.29, 1.82) is 0 Å². The van der Waals surface area contributed by atoms with Crippen LogP contribution < -0.4 is 0 Å². The van der Waals surface area contributed by atoms with Crippen LogP contribution in [0, 0.1) is 11.3 Å². The fourth-order valence-corrected chi connectivity index (χ4v) is 2.42. The maximum Gasteiger partial charge on any atom is 0.303 e. The number of aliphatic carboxylic acids is 1. The maximum atomic E-state index is 10.6. The van der Waals surface area contributed by atoms with Crippen molar-refractivity contribution in [2.24, 2.45) is 11.3 Å². The second-order valence-electron chi connectivity index (χ2n) is 4.27. The molecule has 0 heterocycles. The minimum absolute atomic E-state index is 0.130. The van der Waals surface area contributed by atoms with E-state index in [9.17, 15) is 4.79 Å². The lowest BCUT2D eigenvalue weighted by Gasteiger charge is -2.25. The van der Waals surface area contributed by atoms with E-state index in [0.29, 0.717) is 6.42 Å². The molecular formula is C10H18O2. The van der Waals surface area contributed by atoms with E-state index >= 15 is 0 Å². The number of carboxylic acid groups (broad SMARTS) is 1. The van der Waals surface area contributed by atoms with Crippen LogP contribution in [0.2, 0.25) is 0 Å². The Morgan fingerprint density at radius 2 is 2.33 bits per heavy atom. The van der Waals surface area contributed by atoms with E-state index in [2.05, 4.69) is 13.8 Å². The molecule has 70 valence electrons. The van der Waals surface area contributed by atoms with Gasteiger partial charge in [-0.15, -0.1) is 0 Å². The molecule has 2 atom stereocenters. The Kier molecular flexibility index (Phi) is 2.76. The predicted molar refractivity (Wildman–Crippen MR) is 48.0 cm³/mol. The van der Waals surface area contributed by atoms with Crippen LogP contribution in [-0.2, 0) is 4.79 Å². The third kappa shape index (κ3) is 1.99. The predicted octanol–water partition coefficient (Wildman–Crippen LogP) is 2.68. The first-order chi connectivity index (χ1) is 5.58. The summed E-state index contributed by atoms with van der Waals surface area (Å²) in [6, 6.07) is 0. The average molecular weight is 170 g/mol. The lowest BCUT2D eigenvalue weighted by atomic mass is 9.79. The molecular weight excluding hydrogens is 152 g/mol. The van der Waals surface area contributed by atoms with Crippen LogP contribution in [-0.4, -0.2) is 11.1 Å². The quantitative estimate of drug-likeness (QED) is 0.707. The zero-order chi connectivity index (χ0) is 9.19. The highest BCUT2D eigenvalue weighted by Gasteiger charge is 2.37. The maximum absolute atomic E-state index is 10.6. The second kappa shape index (κ2) is 3.46. The molecule has 0 aromatic heterocycles. The van der Waals surface area contributed by atoms with E-state index in [1.54, 1.807) is 0 Å². The monoisotopic (exact) mass is 170 g/mol. The van der Waals surface area contributed by atoms with Crippen LogP contribution >= 0.6 is 0 Å². The van der Waals surface area contributed by atoms with Crippen LogP contribution in [0.1, 0.15) is 46.0 Å². The van der Waals surface area contributed by atoms with Gasteiger partial charge >= 0.3 is 5.97 Å². The van der Waals surface area contributed by atoms with Crippen LogP contribution in [0.4, 0.5) is 0 Å². The van der Waals surface area contributed by atoms with E-state index < -0.39 is 5.97 Å². The summed E-state index contributed by atoms with van der Waals surface area (Å²) in [5.41, 5.74) is 0.130. The molecule has 1 N–H and O–H groups in total. The Morgan fingerprint density at radius 3 is 2.67 bits per heavy atom. The van der Waals surface area contributed by atoms with Crippen molar-refractivity contribution in [3.8, 4) is 0 Å². The molecule has 1 aliphatic carbocycles. The number of hydrogen-bond acceptors (Lipinski definition) is 1. The smallest absolute Gasteiger partial charge is 0.303 e. The number of rotatable bonds is 3. The van der Waals surface area contributed by atoms with Crippen molar-refractivity contribution in [3.63, 3.8) is 0 Å². The van der Waals surface area contributed by atoms with E-state index in [1.165, 1.54) is 6.42 Å². The lowest BCUT2D eigenvalue weighted by molar-refractivity contribution is -0.139. The Bertz CT molecular complexity index is 177. The minimum Gasteiger partial charge on any atom is -0.481 e. The molecule has 1 fully saturated rings. The molecule has 0 spiro atoms. The lowest BCUT2D eigenvalue weighted by Crippen LogP contribution is -2.20. The van der Waals surface area contributed by atoms with E-state index in [0.717, 1.165) is 25.2 Å². The zero-order valence-electron chi connectivity index (χ0n) is 7.97. The van der Waals surface area contributed by atoms with E-state index in [1.807, 2.05) is 0 Å². The fraction of sp³-hybridized carbons (Fsp3) is 0.900. The van der Waals surface area contributed by atoms with Gasteiger partial charge < -0.3 is 5.11 Å². The normalized spacial score (nSPS) is 35.3. The van der Waals surface area contributed by atoms with Gasteiger partial charge in [0.05, 0.1) is 6.42 Å². The van der Waals surface area contributed by atoms with Gasteiger partial charge in [0.2, 0.25) is 0 Å². The first-order valence-electron chi connectivity index (χ1n) is 4.80. The van der Waals surface area contributed by atoms with Gasteiger partial charge in [-0.25, -0.2) is 0 Å². The van der Waals surface area contributed by atoms with Gasteiger partial charge in [0.25, 0.3) is 0 Å². The van der Waals surface area contributed by atoms with Crippen molar-refractivity contribution in [2.75, 3.05) is 0 Å². The van der Waals surface area contributed by atoms with Gasteiger partial charge in [-0.1, -0.05) is 20.3 Å². The molecule has 0 aliphatic heterocycles. The Balaban J connectivity index is 2.58. The van der Waals surface area contributed by atoms with Crippen molar-refractivity contribution < 1.29 is 9.90 Å². The molecule has 1 aliphatic rings. The summed E-state index contributed by atoms with van der Waals surface area (Å²) < 4.78 is 0. The first kappa shape index (κ1) is 9.56. The van der Waals surface area contributed by atoms with Crippen molar-refractivity contribution in [3.05, 3.63) is 0 Å². The molecule has 0 saturated heterocycles. The van der Waals surface area contributed by atoms with Gasteiger partial charge in [0.1, 0.15) is 0 Å². The summed E-state index contributed by atoms with van der Waals surface area (Å²) in [6.45, 7) is 4.33. The Labute approximate surface area is 74.0 Å². The van der Waals surface area contributed by atoms with Gasteiger partial charge in [0, 0.05) is 0 Å². The molecule has 0 radical (unpaired) electrons. The number of carboxylic acids is 1. The molecule has 0 aromatic rings. The van der Waals surface area contributed by atoms with Crippen LogP contribution in [0.15, 0.2) is 0 Å². The molecule has 2 heteroatoms. The van der Waals surface area contributed by atoms with Gasteiger partial charge in [-0.2, -0.15) is 0 Å². The van der Waals surface area contributed by atoms with Crippen molar-refractivity contribution >= 4 is 5.97 Å². The summed E-state index contributed by atoms with van der Waals surface area (Å²) >= 11 is 0. The minimum atomic E-state index is -0.633. The first-order valence-corrected chi connectivity index (χ1v) is 4.80. The Hall–Kier alpha value is -0.530. The fourth-order valence-electron chi connectivity index (χ4n) is 2.42. The van der Waals surface area contributed by atoms with Crippen LogP contribution in [0.3, 0.4) is 0 Å². The molecule has 0 amide bonds. The van der Waals surface area contributed by atoms with Crippen molar-refractivity contribution in [1.82, 2.24) is 0 Å². The molecule has 2 nitrogen and oxygen atoms in total. The standard InChI is InChI=1S/C10H18O2/c1-3-10(7-9(11)12)5-4-8(2)6-10/h8H,3-7H2,1-2H3,(H,11,12)/t8-,10+/m1/s1. The molecule has 0 aromatic carbocycles. The topological polar surface area (TPSA) is 37.3 Å². The van der Waals surface area contributed by atoms with Crippen LogP contribution in [0.25, 0.3) is 0 Å². The summed E-state index contributed by atoms with van der Waals surface area (Å²) in [4.78, 5) is 10.6. The SMILES string of the molecule is CC[C@]1(CC(=O)O)CC[C@@H](C)C1. The zero-order valence-corrected chi connectivity index (χ0v) is 7.97. The summed E-state index contributed by atoms with van der Waals surface area (Å²) in [7, 11) is 0. The van der Waals surface area contributed by atoms with E-state index in [-0.39, 0.29) is 5.41 Å².